The molecule has 9 nitrogen and oxygen atoms in total. The van der Waals surface area contributed by atoms with Crippen molar-refractivity contribution >= 4 is 23.7 Å². The third-order valence-electron chi connectivity index (χ3n) is 5.61. The van der Waals surface area contributed by atoms with E-state index in [2.05, 4.69) is 20.3 Å². The molecule has 2 amide bonds. The Morgan fingerprint density at radius 1 is 1.32 bits per heavy atom. The number of aromatic nitrogens is 3. The number of halogens is 1. The van der Waals surface area contributed by atoms with Gasteiger partial charge >= 0.3 is 6.01 Å². The number of nitrogens with one attached hydrogen (secondary N) is 1. The molecule has 2 aromatic rings. The van der Waals surface area contributed by atoms with E-state index < -0.39 is 11.7 Å². The van der Waals surface area contributed by atoms with Gasteiger partial charge in [0.1, 0.15) is 0 Å². The predicted molar refractivity (Wildman–Crippen MR) is 110 cm³/mol. The zero-order valence-electron chi connectivity index (χ0n) is 16.8. The molecule has 4 rings (SSSR count). The Hall–Kier alpha value is -3.56. The topological polar surface area (TPSA) is 123 Å². The molecule has 10 heteroatoms. The highest BCUT2D eigenvalue weighted by Crippen LogP contribution is 2.54. The molecular formula is C21H23FN6O3. The highest BCUT2D eigenvalue weighted by atomic mass is 19.1. The Kier molecular flexibility index (Phi) is 6.06. The minimum atomic E-state index is -0.653. The summed E-state index contributed by atoms with van der Waals surface area (Å²) < 4.78 is 19.2. The van der Waals surface area contributed by atoms with Crippen LogP contribution in [0.3, 0.4) is 0 Å². The number of fused-ring (bicyclic) bond motifs is 1. The number of piperidine rings is 1. The first-order valence-electron chi connectivity index (χ1n) is 10.1. The van der Waals surface area contributed by atoms with Crippen LogP contribution < -0.4 is 20.7 Å². The fourth-order valence-electron chi connectivity index (χ4n) is 4.09. The van der Waals surface area contributed by atoms with Crippen LogP contribution in [0.4, 0.5) is 10.2 Å². The van der Waals surface area contributed by atoms with E-state index in [-0.39, 0.29) is 24.3 Å². The summed E-state index contributed by atoms with van der Waals surface area (Å²) >= 11 is 0. The van der Waals surface area contributed by atoms with Gasteiger partial charge in [0.05, 0.1) is 6.20 Å². The predicted octanol–water partition coefficient (Wildman–Crippen LogP) is 0.777. The second-order valence-corrected chi connectivity index (χ2v) is 7.68. The van der Waals surface area contributed by atoms with Crippen molar-refractivity contribution in [3.63, 3.8) is 0 Å². The Bertz CT molecular complexity index is 974. The summed E-state index contributed by atoms with van der Waals surface area (Å²) in [6.45, 7) is 1.61. The molecule has 162 valence electrons. The molecule has 1 aliphatic heterocycles. The first kappa shape index (κ1) is 20.7. The fraction of sp³-hybridized carbons (Fsp3) is 0.381. The summed E-state index contributed by atoms with van der Waals surface area (Å²) in [5.74, 6) is 0.266. The molecule has 2 aromatic heterocycles. The van der Waals surface area contributed by atoms with Crippen molar-refractivity contribution in [1.82, 2.24) is 20.3 Å². The van der Waals surface area contributed by atoms with Crippen LogP contribution >= 0.6 is 0 Å². The van der Waals surface area contributed by atoms with Crippen LogP contribution in [0.5, 0.6) is 6.01 Å². The molecule has 0 aromatic carbocycles. The SMILES string of the molecule is NC(=O)COc1ncc(F)c(N2C[C@@H]3C(CCNC(=O)/C=C/c4cccnc4)[C@@H]3C2)n1. The smallest absolute Gasteiger partial charge is 0.319 e. The number of ether oxygens (including phenoxy) is 1. The van der Waals surface area contributed by atoms with Crippen LogP contribution in [0.1, 0.15) is 12.0 Å². The van der Waals surface area contributed by atoms with Gasteiger partial charge in [0.25, 0.3) is 5.91 Å². The quantitative estimate of drug-likeness (QED) is 0.568. The average Bonchev–Trinajstić information content (AvgIpc) is 3.21. The molecule has 1 saturated carbocycles. The summed E-state index contributed by atoms with van der Waals surface area (Å²) in [6.07, 6.45) is 8.52. The molecular weight excluding hydrogens is 403 g/mol. The Morgan fingerprint density at radius 3 is 2.84 bits per heavy atom. The van der Waals surface area contributed by atoms with Crippen LogP contribution in [0.2, 0.25) is 0 Å². The lowest BCUT2D eigenvalue weighted by Gasteiger charge is -2.21. The molecule has 1 aliphatic carbocycles. The van der Waals surface area contributed by atoms with Gasteiger partial charge in [0.15, 0.2) is 18.2 Å². The summed E-state index contributed by atoms with van der Waals surface area (Å²) in [6, 6.07) is 3.62. The van der Waals surface area contributed by atoms with Crippen molar-refractivity contribution in [2.75, 3.05) is 31.1 Å². The summed E-state index contributed by atoms with van der Waals surface area (Å²) in [4.78, 5) is 36.4. The van der Waals surface area contributed by atoms with E-state index in [9.17, 15) is 14.0 Å². The molecule has 0 spiro atoms. The number of nitrogens with two attached hydrogens (primary N) is 1. The second kappa shape index (κ2) is 9.07. The van der Waals surface area contributed by atoms with Crippen molar-refractivity contribution < 1.29 is 18.7 Å². The number of hydrogen-bond donors (Lipinski definition) is 2. The zero-order valence-corrected chi connectivity index (χ0v) is 16.8. The molecule has 1 saturated heterocycles. The normalized spacial score (nSPS) is 21.7. The van der Waals surface area contributed by atoms with E-state index in [1.165, 1.54) is 6.08 Å². The number of amides is 2. The minimum Gasteiger partial charge on any atom is -0.453 e. The molecule has 1 unspecified atom stereocenters. The number of pyridine rings is 1. The van der Waals surface area contributed by atoms with Gasteiger partial charge in [-0.15, -0.1) is 0 Å². The number of carbonyl (C=O) groups is 2. The van der Waals surface area contributed by atoms with Crippen molar-refractivity contribution in [3.8, 4) is 6.01 Å². The van der Waals surface area contributed by atoms with Crippen molar-refractivity contribution in [1.29, 1.82) is 0 Å². The molecule has 0 bridgehead atoms. The van der Waals surface area contributed by atoms with E-state index in [0.717, 1.165) is 18.2 Å². The Balaban J connectivity index is 1.21. The standard InChI is InChI=1S/C21H23FN6O3/c22-17-9-26-21(31-12-18(23)29)27-20(17)28-10-15-14(16(15)11-28)5-7-25-19(30)4-3-13-2-1-6-24-8-13/h1-4,6,8-9,14-16H,5,7,10-12H2,(H2,23,29)(H,25,30)/b4-3+/t14?,15-,16+. The molecule has 3 N–H and O–H groups in total. The minimum absolute atomic E-state index is 0.0747. The van der Waals surface area contributed by atoms with Gasteiger partial charge in [-0.1, -0.05) is 6.07 Å². The molecule has 2 aliphatic rings. The second-order valence-electron chi connectivity index (χ2n) is 7.68. The maximum absolute atomic E-state index is 14.2. The molecule has 3 atom stereocenters. The van der Waals surface area contributed by atoms with E-state index in [1.54, 1.807) is 18.5 Å². The van der Waals surface area contributed by atoms with E-state index >= 15 is 0 Å². The zero-order chi connectivity index (χ0) is 21.8. The largest absolute Gasteiger partial charge is 0.453 e. The third kappa shape index (κ3) is 5.14. The van der Waals surface area contributed by atoms with Gasteiger partial charge in [-0.2, -0.15) is 4.98 Å². The first-order valence-corrected chi connectivity index (χ1v) is 10.1. The molecule has 0 radical (unpaired) electrons. The molecule has 2 fully saturated rings. The van der Waals surface area contributed by atoms with Gasteiger partial charge in [-0.3, -0.25) is 14.6 Å². The number of anilines is 1. The Labute approximate surface area is 178 Å². The fourth-order valence-corrected chi connectivity index (χ4v) is 4.09. The molecule has 31 heavy (non-hydrogen) atoms. The van der Waals surface area contributed by atoms with Crippen molar-refractivity contribution in [3.05, 3.63) is 48.2 Å². The van der Waals surface area contributed by atoms with Crippen molar-refractivity contribution in [2.45, 2.75) is 6.42 Å². The number of hydrogen-bond acceptors (Lipinski definition) is 7. The van der Waals surface area contributed by atoms with Crippen LogP contribution in [0, 0.1) is 23.6 Å². The van der Waals surface area contributed by atoms with E-state index in [1.807, 2.05) is 17.0 Å². The van der Waals surface area contributed by atoms with Gasteiger partial charge in [0.2, 0.25) is 5.91 Å². The van der Waals surface area contributed by atoms with Crippen molar-refractivity contribution in [2.24, 2.45) is 23.5 Å². The summed E-state index contributed by atoms with van der Waals surface area (Å²) in [5.41, 5.74) is 5.91. The first-order chi connectivity index (χ1) is 15.0. The summed E-state index contributed by atoms with van der Waals surface area (Å²) in [5, 5.41) is 2.90. The highest BCUT2D eigenvalue weighted by molar-refractivity contribution is 5.91. The van der Waals surface area contributed by atoms with Gasteiger partial charge < -0.3 is 20.7 Å². The average molecular weight is 426 g/mol. The van der Waals surface area contributed by atoms with Crippen LogP contribution in [0.25, 0.3) is 6.08 Å². The number of nitrogens with zero attached hydrogens (tertiary/aromatic N) is 4. The van der Waals surface area contributed by atoms with E-state index in [0.29, 0.717) is 37.4 Å². The van der Waals surface area contributed by atoms with E-state index in [4.69, 9.17) is 10.5 Å². The maximum Gasteiger partial charge on any atom is 0.319 e. The third-order valence-corrected chi connectivity index (χ3v) is 5.61. The van der Waals surface area contributed by atoms with Gasteiger partial charge in [0, 0.05) is 38.1 Å². The van der Waals surface area contributed by atoms with Gasteiger partial charge in [-0.25, -0.2) is 9.37 Å². The lowest BCUT2D eigenvalue weighted by atomic mass is 10.2. The molecule has 3 heterocycles. The highest BCUT2D eigenvalue weighted by Gasteiger charge is 2.55. The summed E-state index contributed by atoms with van der Waals surface area (Å²) in [7, 11) is 0. The lowest BCUT2D eigenvalue weighted by molar-refractivity contribution is -0.120. The van der Waals surface area contributed by atoms with Crippen LogP contribution in [-0.2, 0) is 9.59 Å². The lowest BCUT2D eigenvalue weighted by Crippen LogP contribution is -2.28. The number of primary amides is 1. The van der Waals surface area contributed by atoms with Crippen LogP contribution in [-0.4, -0.2) is 53.0 Å². The monoisotopic (exact) mass is 426 g/mol. The Morgan fingerprint density at radius 2 is 2.13 bits per heavy atom. The van der Waals surface area contributed by atoms with Crippen LogP contribution in [0.15, 0.2) is 36.8 Å². The number of rotatable bonds is 9. The van der Waals surface area contributed by atoms with Gasteiger partial charge in [-0.05, 0) is 41.9 Å². The number of carbonyl (C=O) groups excluding carboxylic acids is 2. The maximum atomic E-state index is 14.2.